The van der Waals surface area contributed by atoms with E-state index in [9.17, 15) is 0 Å². The van der Waals surface area contributed by atoms with E-state index in [0.29, 0.717) is 6.54 Å². The largest absolute Gasteiger partial charge is 0.326 e. The third kappa shape index (κ3) is 2.97. The molecule has 0 bridgehead atoms. The fourth-order valence-electron chi connectivity index (χ4n) is 2.44. The number of aromatic nitrogens is 1. The summed E-state index contributed by atoms with van der Waals surface area (Å²) in [7, 11) is 0. The molecule has 0 saturated heterocycles. The molecule has 2 aromatic rings. The molecule has 1 heterocycles. The van der Waals surface area contributed by atoms with Crippen molar-refractivity contribution < 1.29 is 0 Å². The molecule has 0 unspecified atom stereocenters. The van der Waals surface area contributed by atoms with Crippen LogP contribution in [-0.2, 0) is 6.42 Å². The van der Waals surface area contributed by atoms with Gasteiger partial charge in [0.15, 0.2) is 0 Å². The van der Waals surface area contributed by atoms with Crippen molar-refractivity contribution in [2.75, 3.05) is 6.54 Å². The Bertz CT molecular complexity index is 586. The summed E-state index contributed by atoms with van der Waals surface area (Å²) < 4.78 is 0. The van der Waals surface area contributed by atoms with Crippen molar-refractivity contribution in [2.24, 2.45) is 5.73 Å². The number of aryl methyl sites for hydroxylation is 1. The summed E-state index contributed by atoms with van der Waals surface area (Å²) in [5.74, 6) is 0. The third-order valence-electron chi connectivity index (χ3n) is 3.38. The molecule has 0 atom stereocenters. The predicted molar refractivity (Wildman–Crippen MR) is 86.4 cm³/mol. The number of pyridine rings is 1. The van der Waals surface area contributed by atoms with Crippen molar-refractivity contribution in [3.05, 3.63) is 59.8 Å². The Kier molecular flexibility index (Phi) is 5.08. The molecule has 2 heteroatoms. The van der Waals surface area contributed by atoms with E-state index in [0.717, 1.165) is 18.5 Å². The molecule has 2 N–H and O–H groups in total. The van der Waals surface area contributed by atoms with Crippen LogP contribution in [0.2, 0.25) is 0 Å². The Morgan fingerprint density at radius 1 is 1.05 bits per heavy atom. The minimum absolute atomic E-state index is 0.597. The highest BCUT2D eigenvalue weighted by molar-refractivity contribution is 5.72. The van der Waals surface area contributed by atoms with Gasteiger partial charge in [-0.3, -0.25) is 4.98 Å². The van der Waals surface area contributed by atoms with Gasteiger partial charge in [0.05, 0.1) is 5.69 Å². The average molecular weight is 266 g/mol. The van der Waals surface area contributed by atoms with Crippen LogP contribution in [0, 0.1) is 0 Å². The number of nitrogens with zero attached hydrogens (tertiary/aromatic N) is 1. The van der Waals surface area contributed by atoms with Gasteiger partial charge in [0.2, 0.25) is 0 Å². The molecule has 0 fully saturated rings. The summed E-state index contributed by atoms with van der Waals surface area (Å²) in [6, 6.07) is 14.5. The maximum atomic E-state index is 5.77. The van der Waals surface area contributed by atoms with Crippen LogP contribution >= 0.6 is 0 Å². The first kappa shape index (κ1) is 14.5. The van der Waals surface area contributed by atoms with Crippen molar-refractivity contribution in [1.82, 2.24) is 4.98 Å². The standard InChI is InChI=1S/C16H16N2.C2H6/c17-11-13-7-4-8-16-14(13)9-10-15(18-16)12-5-2-1-3-6-12;1-2/h1-3,5-7,9-10H,4,8,11,17H2;1-2H3. The monoisotopic (exact) mass is 266 g/mol. The average Bonchev–Trinajstić information content (AvgIpc) is 2.56. The van der Waals surface area contributed by atoms with E-state index in [1.54, 1.807) is 0 Å². The molecule has 1 aromatic heterocycles. The van der Waals surface area contributed by atoms with E-state index in [1.165, 1.54) is 22.4 Å². The molecule has 104 valence electrons. The van der Waals surface area contributed by atoms with Crippen molar-refractivity contribution >= 4 is 5.57 Å². The quantitative estimate of drug-likeness (QED) is 0.890. The predicted octanol–water partition coefficient (Wildman–Crippen LogP) is 4.06. The number of hydrogen-bond donors (Lipinski definition) is 1. The van der Waals surface area contributed by atoms with Crippen LogP contribution < -0.4 is 5.73 Å². The lowest BCUT2D eigenvalue weighted by molar-refractivity contribution is 0.915. The highest BCUT2D eigenvalue weighted by atomic mass is 14.7. The molecular formula is C18H22N2. The second kappa shape index (κ2) is 7.01. The summed E-state index contributed by atoms with van der Waals surface area (Å²) in [6.07, 6.45) is 4.29. The molecule has 1 aliphatic rings. The van der Waals surface area contributed by atoms with E-state index in [1.807, 2.05) is 32.0 Å². The lowest BCUT2D eigenvalue weighted by Gasteiger charge is -2.16. The SMILES string of the molecule is CC.NCC1=CCCc2nc(-c3ccccc3)ccc21. The molecule has 0 radical (unpaired) electrons. The zero-order chi connectivity index (χ0) is 14.4. The van der Waals surface area contributed by atoms with E-state index in [4.69, 9.17) is 10.7 Å². The van der Waals surface area contributed by atoms with Gasteiger partial charge in [-0.05, 0) is 24.5 Å². The summed E-state index contributed by atoms with van der Waals surface area (Å²) in [4.78, 5) is 4.79. The Morgan fingerprint density at radius 3 is 2.50 bits per heavy atom. The van der Waals surface area contributed by atoms with Crippen LogP contribution in [0.15, 0.2) is 48.5 Å². The van der Waals surface area contributed by atoms with Gasteiger partial charge in [0.1, 0.15) is 0 Å². The Labute approximate surface area is 121 Å². The molecule has 0 saturated carbocycles. The number of benzene rings is 1. The first-order valence-electron chi connectivity index (χ1n) is 7.33. The molecule has 0 amide bonds. The Balaban J connectivity index is 0.000000704. The molecule has 2 nitrogen and oxygen atoms in total. The normalized spacial score (nSPS) is 12.8. The summed E-state index contributed by atoms with van der Waals surface area (Å²) in [5.41, 5.74) is 11.6. The summed E-state index contributed by atoms with van der Waals surface area (Å²) in [6.45, 7) is 4.60. The minimum Gasteiger partial charge on any atom is -0.326 e. The minimum atomic E-state index is 0.597. The maximum absolute atomic E-state index is 5.77. The fourth-order valence-corrected chi connectivity index (χ4v) is 2.44. The van der Waals surface area contributed by atoms with Crippen molar-refractivity contribution in [3.8, 4) is 11.3 Å². The second-order valence-corrected chi connectivity index (χ2v) is 4.53. The van der Waals surface area contributed by atoms with Crippen LogP contribution in [0.4, 0.5) is 0 Å². The van der Waals surface area contributed by atoms with Crippen LogP contribution in [-0.4, -0.2) is 11.5 Å². The Hall–Kier alpha value is -1.93. The number of nitrogens with two attached hydrogens (primary N) is 1. The van der Waals surface area contributed by atoms with E-state index in [-0.39, 0.29) is 0 Å². The number of allylic oxidation sites excluding steroid dienone is 1. The third-order valence-corrected chi connectivity index (χ3v) is 3.38. The zero-order valence-corrected chi connectivity index (χ0v) is 12.3. The summed E-state index contributed by atoms with van der Waals surface area (Å²) >= 11 is 0. The zero-order valence-electron chi connectivity index (χ0n) is 12.3. The van der Waals surface area contributed by atoms with Gasteiger partial charge < -0.3 is 5.73 Å². The second-order valence-electron chi connectivity index (χ2n) is 4.53. The number of hydrogen-bond acceptors (Lipinski definition) is 2. The van der Waals surface area contributed by atoms with Gasteiger partial charge in [-0.1, -0.05) is 56.3 Å². The van der Waals surface area contributed by atoms with Crippen LogP contribution in [0.25, 0.3) is 16.8 Å². The highest BCUT2D eigenvalue weighted by Gasteiger charge is 2.13. The lowest BCUT2D eigenvalue weighted by Crippen LogP contribution is -2.10. The smallest absolute Gasteiger partial charge is 0.0705 e. The molecule has 3 rings (SSSR count). The molecule has 0 aliphatic heterocycles. The molecular weight excluding hydrogens is 244 g/mol. The number of fused-ring (bicyclic) bond motifs is 1. The van der Waals surface area contributed by atoms with Gasteiger partial charge >= 0.3 is 0 Å². The van der Waals surface area contributed by atoms with Crippen molar-refractivity contribution in [2.45, 2.75) is 26.7 Å². The topological polar surface area (TPSA) is 38.9 Å². The fraction of sp³-hybridized carbons (Fsp3) is 0.278. The summed E-state index contributed by atoms with van der Waals surface area (Å²) in [5, 5.41) is 0. The highest BCUT2D eigenvalue weighted by Crippen LogP contribution is 2.27. The molecule has 1 aliphatic carbocycles. The first-order valence-corrected chi connectivity index (χ1v) is 7.33. The van der Waals surface area contributed by atoms with E-state index >= 15 is 0 Å². The van der Waals surface area contributed by atoms with Crippen LogP contribution in [0.5, 0.6) is 0 Å². The van der Waals surface area contributed by atoms with Gasteiger partial charge in [0.25, 0.3) is 0 Å². The molecule has 20 heavy (non-hydrogen) atoms. The molecule has 0 spiro atoms. The van der Waals surface area contributed by atoms with E-state index < -0.39 is 0 Å². The van der Waals surface area contributed by atoms with Crippen molar-refractivity contribution in [3.63, 3.8) is 0 Å². The van der Waals surface area contributed by atoms with Gasteiger partial charge in [0, 0.05) is 23.4 Å². The van der Waals surface area contributed by atoms with Crippen LogP contribution in [0.3, 0.4) is 0 Å². The molecule has 1 aromatic carbocycles. The first-order chi connectivity index (χ1) is 9.88. The van der Waals surface area contributed by atoms with Gasteiger partial charge in [-0.2, -0.15) is 0 Å². The van der Waals surface area contributed by atoms with Gasteiger partial charge in [-0.15, -0.1) is 0 Å². The van der Waals surface area contributed by atoms with Gasteiger partial charge in [-0.25, -0.2) is 0 Å². The van der Waals surface area contributed by atoms with Crippen molar-refractivity contribution in [1.29, 1.82) is 0 Å². The number of rotatable bonds is 2. The van der Waals surface area contributed by atoms with Crippen LogP contribution in [0.1, 0.15) is 31.5 Å². The maximum Gasteiger partial charge on any atom is 0.0705 e. The Morgan fingerprint density at radius 2 is 1.80 bits per heavy atom. The van der Waals surface area contributed by atoms with E-state index in [2.05, 4.69) is 30.3 Å². The lowest BCUT2D eigenvalue weighted by atomic mass is 9.94.